The number of rotatable bonds is 8. The van der Waals surface area contributed by atoms with Crippen LogP contribution in [0.3, 0.4) is 0 Å². The Bertz CT molecular complexity index is 621. The molecule has 0 aliphatic rings. The van der Waals surface area contributed by atoms with Gasteiger partial charge in [-0.05, 0) is 31.8 Å². The largest absolute Gasteiger partial charge is 0.306 e. The Labute approximate surface area is 133 Å². The molecule has 3 nitrogen and oxygen atoms in total. The standard InChI is InChI=1S/C19H28N2O/c1-6-10-13-15(9-4)18-20-17(14(5)11-7-2)16(12-8-3)19(22)21-18/h9-10,13H,5-8,11-12H2,1-4H3,(H,20,21,22)/b13-10-,15-9+. The Hall–Kier alpha value is -1.90. The summed E-state index contributed by atoms with van der Waals surface area (Å²) in [4.78, 5) is 20.1. The second-order valence-electron chi connectivity index (χ2n) is 5.40. The first-order valence-electron chi connectivity index (χ1n) is 8.23. The Morgan fingerprint density at radius 2 is 2.00 bits per heavy atom. The van der Waals surface area contributed by atoms with E-state index >= 15 is 0 Å². The Morgan fingerprint density at radius 3 is 2.55 bits per heavy atom. The van der Waals surface area contributed by atoms with Crippen molar-refractivity contribution in [1.29, 1.82) is 0 Å². The molecule has 1 rings (SSSR count). The fraction of sp³-hybridized carbons (Fsp3) is 0.474. The van der Waals surface area contributed by atoms with Gasteiger partial charge in [-0.2, -0.15) is 0 Å². The highest BCUT2D eigenvalue weighted by atomic mass is 16.1. The SMILES string of the molecule is C=C(CCC)c1nc(C(/C=C\CC)=C/C)[nH]c(=O)c1CCC. The lowest BCUT2D eigenvalue weighted by atomic mass is 10.0. The zero-order valence-electron chi connectivity index (χ0n) is 14.3. The van der Waals surface area contributed by atoms with Crippen LogP contribution in [0.25, 0.3) is 11.1 Å². The molecular weight excluding hydrogens is 272 g/mol. The third-order valence-corrected chi connectivity index (χ3v) is 3.52. The zero-order valence-corrected chi connectivity index (χ0v) is 14.3. The van der Waals surface area contributed by atoms with Gasteiger partial charge in [0, 0.05) is 11.1 Å². The summed E-state index contributed by atoms with van der Waals surface area (Å²) in [5, 5.41) is 0. The minimum Gasteiger partial charge on any atom is -0.306 e. The summed E-state index contributed by atoms with van der Waals surface area (Å²) in [6.45, 7) is 12.4. The van der Waals surface area contributed by atoms with E-state index < -0.39 is 0 Å². The molecule has 0 radical (unpaired) electrons. The fourth-order valence-corrected chi connectivity index (χ4v) is 2.39. The van der Waals surface area contributed by atoms with Crippen LogP contribution in [0.15, 0.2) is 29.6 Å². The van der Waals surface area contributed by atoms with Gasteiger partial charge in [-0.3, -0.25) is 4.79 Å². The third-order valence-electron chi connectivity index (χ3n) is 3.52. The molecule has 1 aromatic rings. The number of aromatic amines is 1. The van der Waals surface area contributed by atoms with E-state index in [0.717, 1.165) is 54.5 Å². The van der Waals surface area contributed by atoms with Crippen molar-refractivity contribution in [2.24, 2.45) is 0 Å². The van der Waals surface area contributed by atoms with Gasteiger partial charge in [0.15, 0.2) is 0 Å². The molecule has 1 N–H and O–H groups in total. The second kappa shape index (κ2) is 9.19. The number of allylic oxidation sites excluding steroid dienone is 5. The van der Waals surface area contributed by atoms with E-state index in [0.29, 0.717) is 5.82 Å². The van der Waals surface area contributed by atoms with Gasteiger partial charge in [-0.1, -0.05) is 58.4 Å². The molecule has 3 heteroatoms. The van der Waals surface area contributed by atoms with Crippen molar-refractivity contribution >= 4 is 11.1 Å². The number of nitrogens with zero attached hydrogens (tertiary/aromatic N) is 1. The first-order valence-corrected chi connectivity index (χ1v) is 8.23. The molecule has 0 aliphatic carbocycles. The molecule has 0 saturated carbocycles. The molecule has 0 unspecified atom stereocenters. The number of hydrogen-bond donors (Lipinski definition) is 1. The summed E-state index contributed by atoms with van der Waals surface area (Å²) < 4.78 is 0. The highest BCUT2D eigenvalue weighted by Crippen LogP contribution is 2.21. The van der Waals surface area contributed by atoms with Crippen LogP contribution >= 0.6 is 0 Å². The van der Waals surface area contributed by atoms with Gasteiger partial charge in [-0.15, -0.1) is 0 Å². The van der Waals surface area contributed by atoms with Gasteiger partial charge in [-0.25, -0.2) is 4.98 Å². The number of H-pyrrole nitrogens is 1. The quantitative estimate of drug-likeness (QED) is 0.694. The monoisotopic (exact) mass is 300 g/mol. The van der Waals surface area contributed by atoms with E-state index in [4.69, 9.17) is 4.98 Å². The summed E-state index contributed by atoms with van der Waals surface area (Å²) in [6, 6.07) is 0. The maximum atomic E-state index is 12.5. The van der Waals surface area contributed by atoms with Crippen molar-refractivity contribution in [2.45, 2.75) is 59.8 Å². The van der Waals surface area contributed by atoms with Gasteiger partial charge in [0.2, 0.25) is 0 Å². The number of hydrogen-bond acceptors (Lipinski definition) is 2. The zero-order chi connectivity index (χ0) is 16.5. The van der Waals surface area contributed by atoms with E-state index in [1.165, 1.54) is 0 Å². The highest BCUT2D eigenvalue weighted by molar-refractivity contribution is 5.71. The summed E-state index contributed by atoms with van der Waals surface area (Å²) in [5.41, 5.74) is 3.40. The van der Waals surface area contributed by atoms with Gasteiger partial charge in [0.05, 0.1) is 5.69 Å². The van der Waals surface area contributed by atoms with E-state index in [-0.39, 0.29) is 5.56 Å². The van der Waals surface area contributed by atoms with Crippen molar-refractivity contribution in [3.63, 3.8) is 0 Å². The van der Waals surface area contributed by atoms with E-state index in [1.54, 1.807) is 0 Å². The molecule has 0 bridgehead atoms. The van der Waals surface area contributed by atoms with E-state index in [2.05, 4.69) is 38.4 Å². The summed E-state index contributed by atoms with van der Waals surface area (Å²) in [6.07, 6.45) is 10.5. The van der Waals surface area contributed by atoms with Crippen LogP contribution in [-0.4, -0.2) is 9.97 Å². The number of aromatic nitrogens is 2. The van der Waals surface area contributed by atoms with Gasteiger partial charge in [0.25, 0.3) is 5.56 Å². The van der Waals surface area contributed by atoms with Crippen molar-refractivity contribution in [2.75, 3.05) is 0 Å². The Balaban J connectivity index is 3.42. The minimum absolute atomic E-state index is 0.0386. The molecule has 22 heavy (non-hydrogen) atoms. The maximum Gasteiger partial charge on any atom is 0.254 e. The normalized spacial score (nSPS) is 12.1. The van der Waals surface area contributed by atoms with Crippen LogP contribution in [0.2, 0.25) is 0 Å². The van der Waals surface area contributed by atoms with Gasteiger partial charge in [0.1, 0.15) is 5.82 Å². The van der Waals surface area contributed by atoms with Crippen molar-refractivity contribution in [1.82, 2.24) is 9.97 Å². The smallest absolute Gasteiger partial charge is 0.254 e. The maximum absolute atomic E-state index is 12.5. The van der Waals surface area contributed by atoms with E-state index in [9.17, 15) is 4.79 Å². The third kappa shape index (κ3) is 4.55. The molecule has 1 heterocycles. The fourth-order valence-electron chi connectivity index (χ4n) is 2.39. The average molecular weight is 300 g/mol. The van der Waals surface area contributed by atoms with Gasteiger partial charge >= 0.3 is 0 Å². The average Bonchev–Trinajstić information content (AvgIpc) is 2.50. The summed E-state index contributed by atoms with van der Waals surface area (Å²) in [5.74, 6) is 0.629. The molecule has 120 valence electrons. The molecular formula is C19H28N2O. The molecule has 0 aromatic carbocycles. The first kappa shape index (κ1) is 18.1. The predicted octanol–water partition coefficient (Wildman–Crippen LogP) is 4.91. The Morgan fingerprint density at radius 1 is 1.27 bits per heavy atom. The second-order valence-corrected chi connectivity index (χ2v) is 5.40. The van der Waals surface area contributed by atoms with E-state index in [1.807, 2.05) is 19.1 Å². The van der Waals surface area contributed by atoms with Crippen molar-refractivity contribution in [3.8, 4) is 0 Å². The minimum atomic E-state index is -0.0386. The lowest BCUT2D eigenvalue weighted by molar-refractivity contribution is 0.863. The lowest BCUT2D eigenvalue weighted by Crippen LogP contribution is -2.19. The molecule has 0 spiro atoms. The van der Waals surface area contributed by atoms with Crippen LogP contribution in [0, 0.1) is 0 Å². The highest BCUT2D eigenvalue weighted by Gasteiger charge is 2.14. The van der Waals surface area contributed by atoms with Crippen molar-refractivity contribution < 1.29 is 0 Å². The summed E-state index contributed by atoms with van der Waals surface area (Å²) in [7, 11) is 0. The summed E-state index contributed by atoms with van der Waals surface area (Å²) >= 11 is 0. The number of nitrogens with one attached hydrogen (secondary N) is 1. The molecule has 0 aliphatic heterocycles. The molecule has 0 saturated heterocycles. The lowest BCUT2D eigenvalue weighted by Gasteiger charge is -2.12. The molecule has 0 amide bonds. The van der Waals surface area contributed by atoms with Crippen LogP contribution in [0.1, 0.15) is 70.5 Å². The molecule has 0 fully saturated rings. The predicted molar refractivity (Wildman–Crippen MR) is 95.9 cm³/mol. The van der Waals surface area contributed by atoms with Crippen LogP contribution in [0.5, 0.6) is 0 Å². The molecule has 1 aromatic heterocycles. The van der Waals surface area contributed by atoms with Crippen LogP contribution in [0.4, 0.5) is 0 Å². The molecule has 0 atom stereocenters. The first-order chi connectivity index (χ1) is 10.6. The topological polar surface area (TPSA) is 45.8 Å². The Kier molecular flexibility index (Phi) is 7.58. The van der Waals surface area contributed by atoms with Crippen molar-refractivity contribution in [3.05, 3.63) is 52.2 Å². The van der Waals surface area contributed by atoms with Gasteiger partial charge < -0.3 is 4.98 Å². The van der Waals surface area contributed by atoms with Crippen LogP contribution < -0.4 is 5.56 Å². The van der Waals surface area contributed by atoms with Crippen LogP contribution in [-0.2, 0) is 6.42 Å².